The zero-order chi connectivity index (χ0) is 16.7. The van der Waals surface area contributed by atoms with Crippen molar-refractivity contribution in [3.8, 4) is 0 Å². The van der Waals surface area contributed by atoms with Gasteiger partial charge in [-0.3, -0.25) is 0 Å². The molecule has 2 aliphatic rings. The van der Waals surface area contributed by atoms with Crippen LogP contribution in [0, 0.1) is 5.92 Å². The summed E-state index contributed by atoms with van der Waals surface area (Å²) in [7, 11) is -1.32. The van der Waals surface area contributed by atoms with Gasteiger partial charge in [0.25, 0.3) is 0 Å². The van der Waals surface area contributed by atoms with Gasteiger partial charge in [-0.15, -0.1) is 11.3 Å². The molecule has 0 amide bonds. The predicted octanol–water partition coefficient (Wildman–Crippen LogP) is 2.33. The van der Waals surface area contributed by atoms with Gasteiger partial charge in [0, 0.05) is 26.7 Å². The molecule has 3 heterocycles. The zero-order valence-electron chi connectivity index (χ0n) is 13.8. The number of fused-ring (bicyclic) bond motifs is 1. The second-order valence-corrected chi connectivity index (χ2v) is 10.0. The highest BCUT2D eigenvalue weighted by molar-refractivity contribution is 7.90. The number of aromatic nitrogens is 2. The largest absolute Gasteiger partial charge is 0.355 e. The van der Waals surface area contributed by atoms with Crippen molar-refractivity contribution < 1.29 is 8.42 Å². The summed E-state index contributed by atoms with van der Waals surface area (Å²) in [4.78, 5) is 11.1. The van der Waals surface area contributed by atoms with Crippen LogP contribution < -0.4 is 4.90 Å². The first-order valence-corrected chi connectivity index (χ1v) is 10.8. The molecule has 2 fully saturated rings. The minimum atomic E-state index is -3.05. The molecule has 0 unspecified atom stereocenters. The van der Waals surface area contributed by atoms with Gasteiger partial charge in [-0.2, -0.15) is 0 Å². The van der Waals surface area contributed by atoms with Gasteiger partial charge >= 0.3 is 0 Å². The van der Waals surface area contributed by atoms with E-state index in [1.54, 1.807) is 29.0 Å². The smallest absolute Gasteiger partial charge is 0.216 e. The summed E-state index contributed by atoms with van der Waals surface area (Å²) in [5.41, 5.74) is 1.00. The molecule has 0 aromatic carbocycles. The first-order chi connectivity index (χ1) is 11.6. The van der Waals surface area contributed by atoms with Gasteiger partial charge in [-0.25, -0.2) is 22.7 Å². The lowest BCUT2D eigenvalue weighted by molar-refractivity contribution is 0.327. The highest BCUT2D eigenvalue weighted by Gasteiger charge is 2.39. The summed E-state index contributed by atoms with van der Waals surface area (Å²) in [6.45, 7) is 2.49. The lowest BCUT2D eigenvalue weighted by Gasteiger charge is -2.34. The minimum Gasteiger partial charge on any atom is -0.355 e. The van der Waals surface area contributed by atoms with E-state index in [-0.39, 0.29) is 5.25 Å². The average molecular weight is 367 g/mol. The highest BCUT2D eigenvalue weighted by Crippen LogP contribution is 2.33. The molecule has 0 N–H and O–H groups in total. The quantitative estimate of drug-likeness (QED) is 0.812. The van der Waals surface area contributed by atoms with E-state index >= 15 is 0 Å². The van der Waals surface area contributed by atoms with E-state index in [0.29, 0.717) is 12.5 Å². The maximum atomic E-state index is 12.3. The van der Waals surface area contributed by atoms with Crippen molar-refractivity contribution in [3.63, 3.8) is 0 Å². The van der Waals surface area contributed by atoms with Crippen LogP contribution in [0.1, 0.15) is 25.7 Å². The van der Waals surface area contributed by atoms with Crippen molar-refractivity contribution in [1.82, 2.24) is 14.3 Å². The van der Waals surface area contributed by atoms with Gasteiger partial charge in [-0.1, -0.05) is 0 Å². The van der Waals surface area contributed by atoms with Crippen molar-refractivity contribution in [3.05, 3.63) is 17.8 Å². The van der Waals surface area contributed by atoms with Crippen LogP contribution in [0.3, 0.4) is 0 Å². The van der Waals surface area contributed by atoms with Gasteiger partial charge < -0.3 is 4.90 Å². The van der Waals surface area contributed by atoms with Crippen LogP contribution in [0.15, 0.2) is 17.8 Å². The van der Waals surface area contributed by atoms with E-state index in [9.17, 15) is 8.42 Å². The van der Waals surface area contributed by atoms with Crippen molar-refractivity contribution in [2.45, 2.75) is 30.9 Å². The van der Waals surface area contributed by atoms with Crippen LogP contribution in [0.2, 0.25) is 0 Å². The summed E-state index contributed by atoms with van der Waals surface area (Å²) < 4.78 is 27.3. The topological polar surface area (TPSA) is 66.4 Å². The number of hydrogen-bond acceptors (Lipinski definition) is 6. The molecule has 8 heteroatoms. The van der Waals surface area contributed by atoms with Crippen LogP contribution in [-0.4, -0.2) is 54.6 Å². The maximum absolute atomic E-state index is 12.3. The summed E-state index contributed by atoms with van der Waals surface area (Å²) >= 11 is 1.68. The molecule has 1 aliphatic carbocycles. The molecule has 4 rings (SSSR count). The third kappa shape index (κ3) is 3.02. The molecule has 0 radical (unpaired) electrons. The summed E-state index contributed by atoms with van der Waals surface area (Å²) in [6, 6.07) is 2.02. The van der Waals surface area contributed by atoms with E-state index in [4.69, 9.17) is 0 Å². The van der Waals surface area contributed by atoms with Gasteiger partial charge in [-0.05, 0) is 43.0 Å². The molecule has 0 spiro atoms. The number of thiophene rings is 1. The third-order valence-corrected chi connectivity index (χ3v) is 8.27. The second-order valence-electron chi connectivity index (χ2n) is 6.79. The third-order valence-electron chi connectivity index (χ3n) is 5.03. The van der Waals surface area contributed by atoms with Crippen molar-refractivity contribution in [1.29, 1.82) is 0 Å². The molecular weight excluding hydrogens is 344 g/mol. The lowest BCUT2D eigenvalue weighted by atomic mass is 9.97. The fraction of sp³-hybridized carbons (Fsp3) is 0.625. The Morgan fingerprint density at radius 2 is 2.00 bits per heavy atom. The Kier molecular flexibility index (Phi) is 4.22. The first kappa shape index (κ1) is 16.2. The van der Waals surface area contributed by atoms with Crippen LogP contribution >= 0.6 is 11.3 Å². The fourth-order valence-corrected chi connectivity index (χ4v) is 5.94. The van der Waals surface area contributed by atoms with Crippen molar-refractivity contribution in [2.24, 2.45) is 5.92 Å². The van der Waals surface area contributed by atoms with E-state index in [2.05, 4.69) is 14.9 Å². The lowest BCUT2D eigenvalue weighted by Crippen LogP contribution is -2.40. The van der Waals surface area contributed by atoms with E-state index in [1.807, 2.05) is 11.4 Å². The number of piperidine rings is 1. The number of sulfonamides is 1. The monoisotopic (exact) mass is 366 g/mol. The summed E-state index contributed by atoms with van der Waals surface area (Å²) in [5.74, 6) is 1.45. The fourth-order valence-electron chi connectivity index (χ4n) is 3.42. The van der Waals surface area contributed by atoms with Crippen LogP contribution in [0.4, 0.5) is 5.82 Å². The number of hydrogen-bond donors (Lipinski definition) is 0. The molecule has 0 bridgehead atoms. The van der Waals surface area contributed by atoms with Gasteiger partial charge in [0.15, 0.2) is 0 Å². The Morgan fingerprint density at radius 1 is 1.25 bits per heavy atom. The number of nitrogens with zero attached hydrogens (tertiary/aromatic N) is 4. The van der Waals surface area contributed by atoms with Gasteiger partial charge in [0.2, 0.25) is 10.0 Å². The summed E-state index contributed by atoms with van der Waals surface area (Å²) in [6.07, 6.45) is 5.29. The maximum Gasteiger partial charge on any atom is 0.216 e. The number of anilines is 1. The van der Waals surface area contributed by atoms with E-state index in [0.717, 1.165) is 54.8 Å². The van der Waals surface area contributed by atoms with Crippen molar-refractivity contribution in [2.75, 3.05) is 31.6 Å². The molecule has 1 aliphatic heterocycles. The molecule has 1 saturated heterocycles. The van der Waals surface area contributed by atoms with Crippen LogP contribution in [0.5, 0.6) is 0 Å². The second kappa shape index (κ2) is 6.24. The van der Waals surface area contributed by atoms with Crippen LogP contribution in [0.25, 0.3) is 10.2 Å². The van der Waals surface area contributed by atoms with Gasteiger partial charge in [0.1, 0.15) is 12.1 Å². The molecule has 24 heavy (non-hydrogen) atoms. The predicted molar refractivity (Wildman–Crippen MR) is 96.9 cm³/mol. The average Bonchev–Trinajstić information content (AvgIpc) is 3.34. The molecule has 2 aromatic rings. The van der Waals surface area contributed by atoms with Crippen LogP contribution in [-0.2, 0) is 10.0 Å². The molecule has 6 nitrogen and oxygen atoms in total. The summed E-state index contributed by atoms with van der Waals surface area (Å²) in [5, 5.41) is 1.93. The molecule has 0 atom stereocenters. The highest BCUT2D eigenvalue weighted by atomic mass is 32.2. The molecular formula is C16H22N4O2S2. The SMILES string of the molecule is CN(CC1CCN(c2ncnc3ccsc23)CC1)S(=O)(=O)C1CC1. The Bertz CT molecular complexity index is 823. The van der Waals surface area contributed by atoms with E-state index in [1.165, 1.54) is 0 Å². The molecule has 130 valence electrons. The Labute approximate surface area is 146 Å². The Morgan fingerprint density at radius 3 is 2.71 bits per heavy atom. The standard InChI is InChI=1S/C16H22N4O2S2/c1-19(24(21,22)13-2-3-13)10-12-4-7-20(8-5-12)16-15-14(6-9-23-15)17-11-18-16/h6,9,11-13H,2-5,7-8,10H2,1H3. The molecule has 1 saturated carbocycles. The normalized spacial score (nSPS) is 20.2. The van der Waals surface area contributed by atoms with Crippen molar-refractivity contribution >= 4 is 37.4 Å². The zero-order valence-corrected chi connectivity index (χ0v) is 15.4. The van der Waals surface area contributed by atoms with Gasteiger partial charge in [0.05, 0.1) is 15.5 Å². The Balaban J connectivity index is 1.39. The first-order valence-electron chi connectivity index (χ1n) is 8.44. The van der Waals surface area contributed by atoms with E-state index < -0.39 is 10.0 Å². The molecule has 2 aromatic heterocycles. The number of rotatable bonds is 5. The Hall–Kier alpha value is -1.25. The minimum absolute atomic E-state index is 0.115.